The lowest BCUT2D eigenvalue weighted by atomic mass is 10.1. The molecule has 2 N–H and O–H groups in total. The Hall–Kier alpha value is -3.49. The summed E-state index contributed by atoms with van der Waals surface area (Å²) >= 11 is 1.24. The molecule has 0 fully saturated rings. The van der Waals surface area contributed by atoms with E-state index in [1.165, 1.54) is 48.4 Å². The van der Waals surface area contributed by atoms with E-state index in [0.29, 0.717) is 22.7 Å². The second kappa shape index (κ2) is 10.4. The number of anilines is 2. The van der Waals surface area contributed by atoms with Crippen LogP contribution in [-0.4, -0.2) is 34.5 Å². The van der Waals surface area contributed by atoms with E-state index in [0.717, 1.165) is 11.3 Å². The molecule has 11 heteroatoms. The molecule has 0 bridgehead atoms. The van der Waals surface area contributed by atoms with Crippen molar-refractivity contribution in [1.82, 2.24) is 15.0 Å². The largest absolute Gasteiger partial charge is 0.325 e. The Morgan fingerprint density at radius 1 is 1.18 bits per heavy atom. The molecule has 1 amide bonds. The fourth-order valence-electron chi connectivity index (χ4n) is 2.95. The highest BCUT2D eigenvalue weighted by molar-refractivity contribution is 8.00. The summed E-state index contributed by atoms with van der Waals surface area (Å²) in [5, 5.41) is 12.3. The number of benzene rings is 1. The van der Waals surface area contributed by atoms with Crippen LogP contribution in [0, 0.1) is 25.2 Å². The third-order valence-corrected chi connectivity index (χ3v) is 7.26. The molecular weight excluding hydrogens is 460 g/mol. The summed E-state index contributed by atoms with van der Waals surface area (Å²) in [6.45, 7) is 5.55. The molecule has 9 nitrogen and oxygen atoms in total. The van der Waals surface area contributed by atoms with Crippen LogP contribution in [0.1, 0.15) is 30.2 Å². The minimum atomic E-state index is -3.87. The summed E-state index contributed by atoms with van der Waals surface area (Å²) in [6.07, 6.45) is 3.38. The number of aromatic nitrogens is 3. The Morgan fingerprint density at radius 2 is 1.85 bits per heavy atom. The van der Waals surface area contributed by atoms with Gasteiger partial charge in [0.25, 0.3) is 10.0 Å². The van der Waals surface area contributed by atoms with Crippen LogP contribution in [0.2, 0.25) is 0 Å². The van der Waals surface area contributed by atoms with Crippen molar-refractivity contribution < 1.29 is 13.2 Å². The number of nitrogens with one attached hydrogen (secondary N) is 2. The summed E-state index contributed by atoms with van der Waals surface area (Å²) in [7, 11) is -3.87. The number of amides is 1. The summed E-state index contributed by atoms with van der Waals surface area (Å²) in [4.78, 5) is 25.0. The molecule has 3 aromatic rings. The van der Waals surface area contributed by atoms with Crippen LogP contribution < -0.4 is 10.0 Å². The minimum absolute atomic E-state index is 0.00691. The number of carbonyl (C=O) groups excluding carboxylic acids is 1. The second-order valence-corrected chi connectivity index (χ2v) is 9.95. The van der Waals surface area contributed by atoms with Gasteiger partial charge in [-0.2, -0.15) is 5.26 Å². The smallest absolute Gasteiger partial charge is 0.264 e. The third kappa shape index (κ3) is 6.06. The summed E-state index contributed by atoms with van der Waals surface area (Å²) in [6, 6.07) is 11.3. The first kappa shape index (κ1) is 24.2. The molecule has 33 heavy (non-hydrogen) atoms. The van der Waals surface area contributed by atoms with Gasteiger partial charge in [-0.1, -0.05) is 18.7 Å². The van der Waals surface area contributed by atoms with Crippen LogP contribution in [0.5, 0.6) is 0 Å². The molecular formula is C22H22N6O3S2. The van der Waals surface area contributed by atoms with Crippen molar-refractivity contribution in [2.75, 3.05) is 10.0 Å². The van der Waals surface area contributed by atoms with E-state index in [4.69, 9.17) is 0 Å². The van der Waals surface area contributed by atoms with Crippen molar-refractivity contribution in [3.8, 4) is 6.07 Å². The summed E-state index contributed by atoms with van der Waals surface area (Å²) in [5.41, 5.74) is 2.49. The summed E-state index contributed by atoms with van der Waals surface area (Å²) < 4.78 is 27.3. The van der Waals surface area contributed by atoms with E-state index in [1.807, 2.05) is 26.8 Å². The molecule has 3 rings (SSSR count). The molecule has 1 aromatic carbocycles. The fourth-order valence-corrected chi connectivity index (χ4v) is 5.03. The van der Waals surface area contributed by atoms with Gasteiger partial charge in [-0.3, -0.25) is 4.79 Å². The third-order valence-electron chi connectivity index (χ3n) is 4.56. The van der Waals surface area contributed by atoms with Crippen LogP contribution in [0.15, 0.2) is 58.7 Å². The predicted molar refractivity (Wildman–Crippen MR) is 126 cm³/mol. The number of hydrogen-bond acceptors (Lipinski definition) is 8. The van der Waals surface area contributed by atoms with Gasteiger partial charge >= 0.3 is 0 Å². The molecule has 0 spiro atoms. The van der Waals surface area contributed by atoms with Gasteiger partial charge in [0.2, 0.25) is 11.9 Å². The summed E-state index contributed by atoms with van der Waals surface area (Å²) in [5.74, 6) is -0.298. The average Bonchev–Trinajstić information content (AvgIpc) is 2.78. The molecule has 2 heterocycles. The highest BCUT2D eigenvalue weighted by Gasteiger charge is 2.22. The maximum atomic E-state index is 12.9. The quantitative estimate of drug-likeness (QED) is 0.464. The number of thioether (sulfide) groups is 1. The van der Waals surface area contributed by atoms with Crippen molar-refractivity contribution in [1.29, 1.82) is 5.26 Å². The molecule has 0 radical (unpaired) electrons. The van der Waals surface area contributed by atoms with Crippen molar-refractivity contribution in [2.24, 2.45) is 0 Å². The van der Waals surface area contributed by atoms with Crippen LogP contribution in [-0.2, 0) is 14.8 Å². The van der Waals surface area contributed by atoms with E-state index in [-0.39, 0.29) is 16.8 Å². The van der Waals surface area contributed by atoms with Gasteiger partial charge in [0.15, 0.2) is 0 Å². The second-order valence-electron chi connectivity index (χ2n) is 7.08. The topological polar surface area (TPSA) is 138 Å². The standard InChI is InChI=1S/C22H22N6O3S2/c1-4-19(32-21-18(13-23)14(2)12-15(3)26-21)20(29)27-16-6-8-17(9-7-16)33(30,31)28-22-24-10-5-11-25-22/h5-12,19H,4H2,1-3H3,(H,27,29)(H,24,25,28). The monoisotopic (exact) mass is 482 g/mol. The number of sulfonamides is 1. The zero-order valence-corrected chi connectivity index (χ0v) is 19.9. The number of nitrogens with zero attached hydrogens (tertiary/aromatic N) is 4. The van der Waals surface area contributed by atoms with Crippen LogP contribution in [0.3, 0.4) is 0 Å². The van der Waals surface area contributed by atoms with Crippen LogP contribution in [0.4, 0.5) is 11.6 Å². The van der Waals surface area contributed by atoms with E-state index in [1.54, 1.807) is 6.07 Å². The lowest BCUT2D eigenvalue weighted by molar-refractivity contribution is -0.115. The molecule has 170 valence electrons. The van der Waals surface area contributed by atoms with Crippen LogP contribution in [0.25, 0.3) is 0 Å². The Kier molecular flexibility index (Phi) is 7.63. The molecule has 1 unspecified atom stereocenters. The molecule has 0 aliphatic rings. The van der Waals surface area contributed by atoms with Crippen molar-refractivity contribution >= 4 is 39.3 Å². The number of hydrogen-bond donors (Lipinski definition) is 2. The SMILES string of the molecule is CCC(Sc1nc(C)cc(C)c1C#N)C(=O)Nc1ccc(S(=O)(=O)Nc2ncccn2)cc1. The van der Waals surface area contributed by atoms with Crippen LogP contribution >= 0.6 is 11.8 Å². The number of carbonyl (C=O) groups is 1. The van der Waals surface area contributed by atoms with Gasteiger partial charge in [-0.05, 0) is 62.2 Å². The Balaban J connectivity index is 1.71. The predicted octanol–water partition coefficient (Wildman–Crippen LogP) is 3.67. The number of pyridine rings is 1. The van der Waals surface area contributed by atoms with E-state index in [2.05, 4.69) is 31.1 Å². The first-order valence-electron chi connectivity index (χ1n) is 9.99. The fraction of sp³-hybridized carbons (Fsp3) is 0.227. The normalized spacial score (nSPS) is 11.9. The number of aryl methyl sites for hydroxylation is 2. The molecule has 0 aliphatic heterocycles. The zero-order valence-electron chi connectivity index (χ0n) is 18.2. The molecule has 0 aliphatic carbocycles. The Bertz CT molecular complexity index is 1290. The van der Waals surface area contributed by atoms with Crippen molar-refractivity contribution in [2.45, 2.75) is 42.4 Å². The van der Waals surface area contributed by atoms with Gasteiger partial charge in [0, 0.05) is 23.8 Å². The van der Waals surface area contributed by atoms with Gasteiger partial charge in [0.05, 0.1) is 15.7 Å². The molecule has 2 aromatic heterocycles. The van der Waals surface area contributed by atoms with E-state index < -0.39 is 15.3 Å². The zero-order chi connectivity index (χ0) is 24.0. The Morgan fingerprint density at radius 3 is 2.45 bits per heavy atom. The minimum Gasteiger partial charge on any atom is -0.325 e. The van der Waals surface area contributed by atoms with Crippen molar-refractivity contribution in [3.05, 3.63) is 65.6 Å². The maximum absolute atomic E-state index is 12.9. The van der Waals surface area contributed by atoms with E-state index in [9.17, 15) is 18.5 Å². The molecule has 1 atom stereocenters. The molecule has 0 saturated carbocycles. The van der Waals surface area contributed by atoms with Gasteiger partial charge in [-0.25, -0.2) is 28.1 Å². The number of nitriles is 1. The van der Waals surface area contributed by atoms with Gasteiger partial charge in [0.1, 0.15) is 11.1 Å². The first-order valence-corrected chi connectivity index (χ1v) is 12.4. The lowest BCUT2D eigenvalue weighted by Crippen LogP contribution is -2.25. The molecule has 0 saturated heterocycles. The highest BCUT2D eigenvalue weighted by atomic mass is 32.2. The van der Waals surface area contributed by atoms with E-state index >= 15 is 0 Å². The highest BCUT2D eigenvalue weighted by Crippen LogP contribution is 2.30. The van der Waals surface area contributed by atoms with Gasteiger partial charge < -0.3 is 5.32 Å². The van der Waals surface area contributed by atoms with Gasteiger partial charge in [-0.15, -0.1) is 0 Å². The maximum Gasteiger partial charge on any atom is 0.264 e. The first-order chi connectivity index (χ1) is 15.7. The lowest BCUT2D eigenvalue weighted by Gasteiger charge is -2.16. The average molecular weight is 483 g/mol. The Labute approximate surface area is 196 Å². The van der Waals surface area contributed by atoms with Crippen molar-refractivity contribution in [3.63, 3.8) is 0 Å². The number of rotatable bonds is 8.